The second kappa shape index (κ2) is 5.96. The molecule has 2 N–H and O–H groups in total. The van der Waals surface area contributed by atoms with Crippen LogP contribution < -0.4 is 10.5 Å². The van der Waals surface area contributed by atoms with Crippen LogP contribution in [0.3, 0.4) is 0 Å². The summed E-state index contributed by atoms with van der Waals surface area (Å²) in [5, 5.41) is 2.73. The molecule has 0 radical (unpaired) electrons. The Morgan fingerprint density at radius 3 is 2.52 bits per heavy atom. The SMILES string of the molecule is Nc1ccc(COc2ccc(Cl)c3ccccc23)c(Br)c1. The maximum Gasteiger partial charge on any atom is 0.127 e. The third-order valence-corrected chi connectivity index (χ3v) is 4.36. The Bertz CT molecular complexity index is 804. The average Bonchev–Trinajstić information content (AvgIpc) is 2.48. The number of fused-ring (bicyclic) bond motifs is 1. The van der Waals surface area contributed by atoms with Crippen molar-refractivity contribution in [1.82, 2.24) is 0 Å². The summed E-state index contributed by atoms with van der Waals surface area (Å²) < 4.78 is 6.90. The molecule has 0 unspecified atom stereocenters. The molecule has 0 aromatic heterocycles. The van der Waals surface area contributed by atoms with Crippen molar-refractivity contribution in [2.75, 3.05) is 5.73 Å². The number of benzene rings is 3. The number of halogens is 2. The zero-order valence-corrected chi connectivity index (χ0v) is 13.5. The van der Waals surface area contributed by atoms with Crippen molar-refractivity contribution in [2.45, 2.75) is 6.61 Å². The van der Waals surface area contributed by atoms with Crippen LogP contribution in [-0.4, -0.2) is 0 Å². The van der Waals surface area contributed by atoms with E-state index >= 15 is 0 Å². The first-order valence-electron chi connectivity index (χ1n) is 6.49. The van der Waals surface area contributed by atoms with Crippen molar-refractivity contribution >= 4 is 44.0 Å². The fourth-order valence-corrected chi connectivity index (χ4v) is 2.94. The van der Waals surface area contributed by atoms with E-state index in [0.29, 0.717) is 6.61 Å². The summed E-state index contributed by atoms with van der Waals surface area (Å²) in [6.45, 7) is 0.465. The standard InChI is InChI=1S/C17H13BrClNO/c18-15-9-12(20)6-5-11(15)10-21-17-8-7-16(19)13-3-1-2-4-14(13)17/h1-9H,10,20H2. The molecule has 0 fully saturated rings. The van der Waals surface area contributed by atoms with Gasteiger partial charge in [-0.15, -0.1) is 0 Å². The summed E-state index contributed by atoms with van der Waals surface area (Å²) in [4.78, 5) is 0. The maximum atomic E-state index is 6.21. The lowest BCUT2D eigenvalue weighted by atomic mass is 10.1. The molecule has 0 heterocycles. The first-order chi connectivity index (χ1) is 10.1. The smallest absolute Gasteiger partial charge is 0.127 e. The lowest BCUT2D eigenvalue weighted by Gasteiger charge is -2.11. The van der Waals surface area contributed by atoms with Gasteiger partial charge in [-0.3, -0.25) is 0 Å². The molecule has 0 spiro atoms. The van der Waals surface area contributed by atoms with E-state index in [4.69, 9.17) is 22.1 Å². The summed E-state index contributed by atoms with van der Waals surface area (Å²) in [5.41, 5.74) is 7.51. The Morgan fingerprint density at radius 2 is 1.76 bits per heavy atom. The van der Waals surface area contributed by atoms with Gasteiger partial charge in [0.25, 0.3) is 0 Å². The molecular weight excluding hydrogens is 350 g/mol. The average molecular weight is 363 g/mol. The summed E-state index contributed by atoms with van der Waals surface area (Å²) in [5.74, 6) is 0.818. The minimum absolute atomic E-state index is 0.465. The van der Waals surface area contributed by atoms with Crippen LogP contribution in [0.5, 0.6) is 5.75 Å². The van der Waals surface area contributed by atoms with E-state index in [0.717, 1.165) is 37.3 Å². The lowest BCUT2D eigenvalue weighted by molar-refractivity contribution is 0.309. The van der Waals surface area contributed by atoms with Crippen LogP contribution >= 0.6 is 27.5 Å². The Hall–Kier alpha value is -1.71. The van der Waals surface area contributed by atoms with Crippen LogP contribution in [0.2, 0.25) is 5.02 Å². The van der Waals surface area contributed by atoms with E-state index in [9.17, 15) is 0 Å². The predicted octanol–water partition coefficient (Wildman–Crippen LogP) is 5.42. The highest BCUT2D eigenvalue weighted by atomic mass is 79.9. The molecule has 2 nitrogen and oxygen atoms in total. The van der Waals surface area contributed by atoms with Crippen LogP contribution in [0.25, 0.3) is 10.8 Å². The fraction of sp³-hybridized carbons (Fsp3) is 0.0588. The van der Waals surface area contributed by atoms with Gasteiger partial charge in [-0.1, -0.05) is 57.9 Å². The van der Waals surface area contributed by atoms with Gasteiger partial charge in [-0.05, 0) is 24.3 Å². The Morgan fingerprint density at radius 1 is 1.00 bits per heavy atom. The van der Waals surface area contributed by atoms with E-state index in [1.54, 1.807) is 0 Å². The summed E-state index contributed by atoms with van der Waals surface area (Å²) in [6, 6.07) is 17.4. The number of hydrogen-bond acceptors (Lipinski definition) is 2. The van der Waals surface area contributed by atoms with Crippen molar-refractivity contribution in [3.63, 3.8) is 0 Å². The van der Waals surface area contributed by atoms with Crippen molar-refractivity contribution in [3.05, 3.63) is 69.7 Å². The topological polar surface area (TPSA) is 35.2 Å². The van der Waals surface area contributed by atoms with Crippen LogP contribution in [0.15, 0.2) is 59.1 Å². The molecule has 0 saturated carbocycles. The number of hydrogen-bond donors (Lipinski definition) is 1. The molecule has 3 aromatic rings. The third-order valence-electron chi connectivity index (χ3n) is 3.29. The zero-order valence-electron chi connectivity index (χ0n) is 11.1. The van der Waals surface area contributed by atoms with Gasteiger partial charge in [-0.2, -0.15) is 0 Å². The lowest BCUT2D eigenvalue weighted by Crippen LogP contribution is -1.98. The predicted molar refractivity (Wildman–Crippen MR) is 91.8 cm³/mol. The van der Waals surface area contributed by atoms with E-state index in [-0.39, 0.29) is 0 Å². The molecule has 0 aliphatic heterocycles. The molecule has 3 rings (SSSR count). The number of ether oxygens (including phenoxy) is 1. The van der Waals surface area contributed by atoms with Gasteiger partial charge in [-0.25, -0.2) is 0 Å². The zero-order chi connectivity index (χ0) is 14.8. The highest BCUT2D eigenvalue weighted by Crippen LogP contribution is 2.32. The second-order valence-electron chi connectivity index (χ2n) is 4.73. The van der Waals surface area contributed by atoms with Gasteiger partial charge in [0.05, 0.1) is 0 Å². The molecule has 0 saturated heterocycles. The van der Waals surface area contributed by atoms with Gasteiger partial charge in [0.15, 0.2) is 0 Å². The number of rotatable bonds is 3. The highest BCUT2D eigenvalue weighted by Gasteiger charge is 2.07. The number of nitrogens with two attached hydrogens (primary N) is 1. The van der Waals surface area contributed by atoms with Gasteiger partial charge >= 0.3 is 0 Å². The molecule has 21 heavy (non-hydrogen) atoms. The fourth-order valence-electron chi connectivity index (χ4n) is 2.20. The minimum atomic E-state index is 0.465. The largest absolute Gasteiger partial charge is 0.488 e. The number of nitrogen functional groups attached to an aromatic ring is 1. The van der Waals surface area contributed by atoms with Crippen LogP contribution in [0.4, 0.5) is 5.69 Å². The Balaban J connectivity index is 1.90. The van der Waals surface area contributed by atoms with Gasteiger partial charge in [0, 0.05) is 31.5 Å². The summed E-state index contributed by atoms with van der Waals surface area (Å²) in [7, 11) is 0. The minimum Gasteiger partial charge on any atom is -0.488 e. The quantitative estimate of drug-likeness (QED) is 0.632. The molecule has 0 aliphatic carbocycles. The first-order valence-corrected chi connectivity index (χ1v) is 7.66. The molecular formula is C17H13BrClNO. The van der Waals surface area contributed by atoms with Crippen molar-refractivity contribution < 1.29 is 4.74 Å². The van der Waals surface area contributed by atoms with Crippen LogP contribution in [-0.2, 0) is 6.61 Å². The monoisotopic (exact) mass is 361 g/mol. The Labute approximate surface area is 136 Å². The molecule has 0 aliphatic rings. The molecule has 0 bridgehead atoms. The van der Waals surface area contributed by atoms with E-state index < -0.39 is 0 Å². The van der Waals surface area contributed by atoms with Crippen LogP contribution in [0.1, 0.15) is 5.56 Å². The first kappa shape index (κ1) is 14.2. The summed E-state index contributed by atoms with van der Waals surface area (Å²) in [6.07, 6.45) is 0. The highest BCUT2D eigenvalue weighted by molar-refractivity contribution is 9.10. The van der Waals surface area contributed by atoms with Gasteiger partial charge in [0.1, 0.15) is 12.4 Å². The van der Waals surface area contributed by atoms with E-state index in [1.165, 1.54) is 0 Å². The molecule has 0 amide bonds. The summed E-state index contributed by atoms with van der Waals surface area (Å²) >= 11 is 9.71. The molecule has 3 aromatic carbocycles. The molecule has 0 atom stereocenters. The van der Waals surface area contributed by atoms with Crippen LogP contribution in [0, 0.1) is 0 Å². The molecule has 106 valence electrons. The third kappa shape index (κ3) is 2.99. The van der Waals surface area contributed by atoms with E-state index in [2.05, 4.69) is 15.9 Å². The van der Waals surface area contributed by atoms with Gasteiger partial charge < -0.3 is 10.5 Å². The second-order valence-corrected chi connectivity index (χ2v) is 5.99. The van der Waals surface area contributed by atoms with E-state index in [1.807, 2.05) is 54.6 Å². The van der Waals surface area contributed by atoms with Crippen molar-refractivity contribution in [2.24, 2.45) is 0 Å². The molecule has 4 heteroatoms. The normalized spacial score (nSPS) is 10.8. The number of anilines is 1. The van der Waals surface area contributed by atoms with Gasteiger partial charge in [0.2, 0.25) is 0 Å². The Kier molecular flexibility index (Phi) is 4.04. The van der Waals surface area contributed by atoms with Crippen molar-refractivity contribution in [1.29, 1.82) is 0 Å². The van der Waals surface area contributed by atoms with Crippen molar-refractivity contribution in [3.8, 4) is 5.75 Å². The maximum absolute atomic E-state index is 6.21.